The highest BCUT2D eigenvalue weighted by Gasteiger charge is 2.41. The molecule has 0 aromatic heterocycles. The molecule has 1 aromatic rings. The third-order valence-corrected chi connectivity index (χ3v) is 3.88. The van der Waals surface area contributed by atoms with Gasteiger partial charge in [0, 0.05) is 18.0 Å². The maximum atomic E-state index is 12.1. The molecular formula is C16H21NO4. The van der Waals surface area contributed by atoms with Gasteiger partial charge in [-0.25, -0.2) is 4.79 Å². The second kappa shape index (κ2) is 4.83. The number of likely N-dealkylation sites (tertiary alicyclic amines) is 1. The molecule has 0 radical (unpaired) electrons. The molecule has 1 N–H and O–H groups in total. The molecule has 0 bridgehead atoms. The number of ether oxygens (including phenoxy) is 2. The molecule has 2 atom stereocenters. The second-order valence-corrected chi connectivity index (χ2v) is 6.70. The number of amides is 1. The van der Waals surface area contributed by atoms with Gasteiger partial charge >= 0.3 is 6.09 Å². The Morgan fingerprint density at radius 3 is 2.90 bits per heavy atom. The van der Waals surface area contributed by atoms with E-state index in [1.165, 1.54) is 0 Å². The summed E-state index contributed by atoms with van der Waals surface area (Å²) in [6.07, 6.45) is 0.479. The quantitative estimate of drug-likeness (QED) is 0.798. The largest absolute Gasteiger partial charge is 0.508 e. The zero-order valence-corrected chi connectivity index (χ0v) is 12.6. The van der Waals surface area contributed by atoms with Crippen LogP contribution in [0.1, 0.15) is 38.7 Å². The van der Waals surface area contributed by atoms with Gasteiger partial charge in [0.15, 0.2) is 0 Å². The Bertz CT molecular complexity index is 564. The molecule has 1 saturated heterocycles. The van der Waals surface area contributed by atoms with Gasteiger partial charge in [-0.3, -0.25) is 0 Å². The van der Waals surface area contributed by atoms with Crippen molar-refractivity contribution in [1.29, 1.82) is 0 Å². The number of benzene rings is 1. The van der Waals surface area contributed by atoms with Gasteiger partial charge in [-0.15, -0.1) is 0 Å². The fourth-order valence-electron chi connectivity index (χ4n) is 2.98. The van der Waals surface area contributed by atoms with E-state index >= 15 is 0 Å². The first-order valence-electron chi connectivity index (χ1n) is 7.31. The number of nitrogens with zero attached hydrogens (tertiary/aromatic N) is 1. The Kier molecular flexibility index (Phi) is 3.23. The third-order valence-electron chi connectivity index (χ3n) is 3.88. The summed E-state index contributed by atoms with van der Waals surface area (Å²) in [6, 6.07) is 5.19. The van der Waals surface area contributed by atoms with Crippen LogP contribution in [0.3, 0.4) is 0 Å². The van der Waals surface area contributed by atoms with Crippen LogP contribution in [0, 0.1) is 0 Å². The van der Waals surface area contributed by atoms with Crippen molar-refractivity contribution in [3.63, 3.8) is 0 Å². The van der Waals surface area contributed by atoms with E-state index < -0.39 is 5.60 Å². The van der Waals surface area contributed by atoms with Gasteiger partial charge in [-0.2, -0.15) is 0 Å². The van der Waals surface area contributed by atoms with Crippen LogP contribution >= 0.6 is 0 Å². The average molecular weight is 291 g/mol. The van der Waals surface area contributed by atoms with Crippen molar-refractivity contribution in [2.24, 2.45) is 0 Å². The summed E-state index contributed by atoms with van der Waals surface area (Å²) in [5.41, 5.74) is 0.558. The van der Waals surface area contributed by atoms with Crippen LogP contribution in [-0.4, -0.2) is 40.9 Å². The van der Waals surface area contributed by atoms with E-state index in [1.54, 1.807) is 23.1 Å². The molecule has 5 nitrogen and oxygen atoms in total. The molecule has 1 aromatic carbocycles. The summed E-state index contributed by atoms with van der Waals surface area (Å²) in [7, 11) is 0. The molecule has 2 aliphatic heterocycles. The average Bonchev–Trinajstić information content (AvgIpc) is 2.73. The van der Waals surface area contributed by atoms with Gasteiger partial charge in [-0.05, 0) is 45.4 Å². The van der Waals surface area contributed by atoms with E-state index in [1.807, 2.05) is 20.8 Å². The SMILES string of the molecule is CC(C)(C)OC(=O)N1CCC2c3cc(O)ccc3OC2C1. The molecule has 2 unspecified atom stereocenters. The molecule has 21 heavy (non-hydrogen) atoms. The fourth-order valence-corrected chi connectivity index (χ4v) is 2.98. The van der Waals surface area contributed by atoms with E-state index in [-0.39, 0.29) is 23.9 Å². The number of phenolic OH excluding ortho intramolecular Hbond substituents is 1. The number of rotatable bonds is 0. The lowest BCUT2D eigenvalue weighted by molar-refractivity contribution is 0.00789. The minimum absolute atomic E-state index is 0.0527. The summed E-state index contributed by atoms with van der Waals surface area (Å²) in [5.74, 6) is 1.31. The summed E-state index contributed by atoms with van der Waals surface area (Å²) in [5, 5.41) is 9.61. The lowest BCUT2D eigenvalue weighted by Crippen LogP contribution is -2.47. The smallest absolute Gasteiger partial charge is 0.410 e. The predicted octanol–water partition coefficient (Wildman–Crippen LogP) is 2.88. The number of hydrogen-bond donors (Lipinski definition) is 1. The molecular weight excluding hydrogens is 270 g/mol. The van der Waals surface area contributed by atoms with E-state index in [9.17, 15) is 9.90 Å². The van der Waals surface area contributed by atoms with E-state index in [0.29, 0.717) is 13.1 Å². The van der Waals surface area contributed by atoms with Crippen LogP contribution in [0.2, 0.25) is 0 Å². The van der Waals surface area contributed by atoms with E-state index in [4.69, 9.17) is 9.47 Å². The first-order chi connectivity index (χ1) is 9.83. The van der Waals surface area contributed by atoms with Crippen LogP contribution in [0.5, 0.6) is 11.5 Å². The van der Waals surface area contributed by atoms with Gasteiger partial charge in [0.05, 0.1) is 6.54 Å². The zero-order chi connectivity index (χ0) is 15.2. The molecule has 114 valence electrons. The highest BCUT2D eigenvalue weighted by molar-refractivity contribution is 5.68. The maximum absolute atomic E-state index is 12.1. The molecule has 1 fully saturated rings. The van der Waals surface area contributed by atoms with Crippen LogP contribution < -0.4 is 4.74 Å². The van der Waals surface area contributed by atoms with Crippen molar-refractivity contribution in [3.8, 4) is 11.5 Å². The topological polar surface area (TPSA) is 59.0 Å². The number of phenols is 1. The minimum atomic E-state index is -0.487. The summed E-state index contributed by atoms with van der Waals surface area (Å²) in [4.78, 5) is 13.8. The zero-order valence-electron chi connectivity index (χ0n) is 12.6. The summed E-state index contributed by atoms with van der Waals surface area (Å²) < 4.78 is 11.3. The van der Waals surface area contributed by atoms with Crippen molar-refractivity contribution >= 4 is 6.09 Å². The van der Waals surface area contributed by atoms with Crippen LogP contribution in [0.15, 0.2) is 18.2 Å². The predicted molar refractivity (Wildman–Crippen MR) is 77.7 cm³/mol. The molecule has 0 saturated carbocycles. The number of aromatic hydroxyl groups is 1. The molecule has 2 aliphatic rings. The first kappa shape index (κ1) is 14.0. The number of carbonyl (C=O) groups excluding carboxylic acids is 1. The Hall–Kier alpha value is -1.91. The van der Waals surface area contributed by atoms with E-state index in [2.05, 4.69) is 0 Å². The minimum Gasteiger partial charge on any atom is -0.508 e. The molecule has 3 rings (SSSR count). The summed E-state index contributed by atoms with van der Waals surface area (Å²) >= 11 is 0. The Morgan fingerprint density at radius 1 is 1.43 bits per heavy atom. The Balaban J connectivity index is 1.71. The number of hydrogen-bond acceptors (Lipinski definition) is 4. The lowest BCUT2D eigenvalue weighted by Gasteiger charge is -2.35. The van der Waals surface area contributed by atoms with Gasteiger partial charge in [-0.1, -0.05) is 0 Å². The Morgan fingerprint density at radius 2 is 2.19 bits per heavy atom. The number of piperidine rings is 1. The monoisotopic (exact) mass is 291 g/mol. The van der Waals surface area contributed by atoms with Gasteiger partial charge < -0.3 is 19.5 Å². The highest BCUT2D eigenvalue weighted by atomic mass is 16.6. The van der Waals surface area contributed by atoms with Gasteiger partial charge in [0.2, 0.25) is 0 Å². The van der Waals surface area contributed by atoms with Crippen molar-refractivity contribution < 1.29 is 19.4 Å². The molecule has 5 heteroatoms. The molecule has 1 amide bonds. The molecule has 0 spiro atoms. The second-order valence-electron chi connectivity index (χ2n) is 6.70. The lowest BCUT2D eigenvalue weighted by atomic mass is 9.89. The Labute approximate surface area is 124 Å². The maximum Gasteiger partial charge on any atom is 0.410 e. The van der Waals surface area contributed by atoms with Crippen molar-refractivity contribution in [1.82, 2.24) is 4.90 Å². The van der Waals surface area contributed by atoms with Crippen LogP contribution in [0.25, 0.3) is 0 Å². The molecule has 2 heterocycles. The van der Waals surface area contributed by atoms with Crippen molar-refractivity contribution in [3.05, 3.63) is 23.8 Å². The van der Waals surface area contributed by atoms with Gasteiger partial charge in [0.25, 0.3) is 0 Å². The normalized spacial score (nSPS) is 24.0. The molecule has 0 aliphatic carbocycles. The van der Waals surface area contributed by atoms with Crippen molar-refractivity contribution in [2.75, 3.05) is 13.1 Å². The van der Waals surface area contributed by atoms with Crippen LogP contribution in [0.4, 0.5) is 4.79 Å². The number of fused-ring (bicyclic) bond motifs is 3. The van der Waals surface area contributed by atoms with Crippen molar-refractivity contribution in [2.45, 2.75) is 44.8 Å². The van der Waals surface area contributed by atoms with E-state index in [0.717, 1.165) is 17.7 Å². The number of carbonyl (C=O) groups is 1. The fraction of sp³-hybridized carbons (Fsp3) is 0.562. The van der Waals surface area contributed by atoms with Gasteiger partial charge in [0.1, 0.15) is 23.2 Å². The van der Waals surface area contributed by atoms with Crippen LogP contribution in [-0.2, 0) is 4.74 Å². The summed E-state index contributed by atoms with van der Waals surface area (Å²) in [6.45, 7) is 6.76. The third kappa shape index (κ3) is 2.77. The highest BCUT2D eigenvalue weighted by Crippen LogP contribution is 2.44. The standard InChI is InChI=1S/C16H21NO4/c1-16(2,3)21-15(19)17-7-6-11-12-8-10(18)4-5-13(12)20-14(11)9-17/h4-5,8,11,14,18H,6-7,9H2,1-3H3. The first-order valence-corrected chi connectivity index (χ1v) is 7.31.